The third kappa shape index (κ3) is 5.59. The average molecular weight is 563 g/mol. The summed E-state index contributed by atoms with van der Waals surface area (Å²) in [7, 11) is 0. The van der Waals surface area contributed by atoms with Crippen molar-refractivity contribution in [3.05, 3.63) is 59.9 Å². The molecule has 0 bridgehead atoms. The van der Waals surface area contributed by atoms with Gasteiger partial charge in [0.1, 0.15) is 11.6 Å². The Morgan fingerprint density at radius 2 is 1.66 bits per heavy atom. The van der Waals surface area contributed by atoms with E-state index in [-0.39, 0.29) is 10.9 Å². The molecule has 0 unspecified atom stereocenters. The minimum Gasteiger partial charge on any atom is -0.478 e. The molecule has 6 rings (SSSR count). The molecular weight excluding hydrogens is 530 g/mol. The lowest BCUT2D eigenvalue weighted by Crippen LogP contribution is -2.38. The number of anilines is 4. The van der Waals surface area contributed by atoms with E-state index in [1.807, 2.05) is 32.2 Å². The van der Waals surface area contributed by atoms with Crippen LogP contribution in [0.4, 0.5) is 31.7 Å². The van der Waals surface area contributed by atoms with Crippen LogP contribution < -0.4 is 19.9 Å². The van der Waals surface area contributed by atoms with Crippen LogP contribution in [0, 0.1) is 18.6 Å². The van der Waals surface area contributed by atoms with Crippen LogP contribution in [0.1, 0.15) is 12.5 Å². The Kier molecular flexibility index (Phi) is 7.80. The molecule has 0 atom stereocenters. The smallest absolute Gasteiger partial charge is 0.213 e. The third-order valence-electron chi connectivity index (χ3n) is 7.35. The average Bonchev–Trinajstić information content (AvgIpc) is 3.00. The number of rotatable bonds is 7. The number of benzene rings is 1. The summed E-state index contributed by atoms with van der Waals surface area (Å²) in [6.07, 6.45) is 3.52. The molecule has 11 heteroatoms. The molecule has 5 heterocycles. The van der Waals surface area contributed by atoms with Crippen molar-refractivity contribution in [1.29, 1.82) is 0 Å². The number of nitrogens with zero attached hydrogens (tertiary/aromatic N) is 5. The van der Waals surface area contributed by atoms with E-state index in [1.165, 1.54) is 6.07 Å². The largest absolute Gasteiger partial charge is 0.478 e. The maximum Gasteiger partial charge on any atom is 0.213 e. The van der Waals surface area contributed by atoms with E-state index in [4.69, 9.17) is 19.2 Å². The Balaban J connectivity index is 1.50. The molecule has 0 spiro atoms. The molecule has 0 aliphatic carbocycles. The Morgan fingerprint density at radius 1 is 0.927 bits per heavy atom. The summed E-state index contributed by atoms with van der Waals surface area (Å²) in [6, 6.07) is 7.78. The number of fused-ring (bicyclic) bond motifs is 1. The van der Waals surface area contributed by atoms with E-state index in [1.54, 1.807) is 12.3 Å². The second kappa shape index (κ2) is 11.8. The first-order valence-electron chi connectivity index (χ1n) is 13.8. The highest BCUT2D eigenvalue weighted by Gasteiger charge is 2.23. The number of nitrogens with one attached hydrogen (secondary N) is 1. The summed E-state index contributed by atoms with van der Waals surface area (Å²) in [4.78, 5) is 18.3. The minimum absolute atomic E-state index is 0.199. The molecule has 0 saturated carbocycles. The highest BCUT2D eigenvalue weighted by Crippen LogP contribution is 2.40. The van der Waals surface area contributed by atoms with Crippen LogP contribution in [-0.2, 0) is 9.47 Å². The van der Waals surface area contributed by atoms with Crippen LogP contribution in [0.5, 0.6) is 5.88 Å². The summed E-state index contributed by atoms with van der Waals surface area (Å²) in [6.45, 7) is 9.56. The van der Waals surface area contributed by atoms with Crippen molar-refractivity contribution < 1.29 is 23.0 Å². The van der Waals surface area contributed by atoms with Gasteiger partial charge in [-0.25, -0.2) is 23.7 Å². The van der Waals surface area contributed by atoms with Crippen LogP contribution in [-0.4, -0.2) is 74.2 Å². The lowest BCUT2D eigenvalue weighted by molar-refractivity contribution is 0.122. The minimum atomic E-state index is -0.696. The van der Waals surface area contributed by atoms with Crippen molar-refractivity contribution in [1.82, 2.24) is 15.0 Å². The number of ether oxygens (including phenoxy) is 3. The Hall–Kier alpha value is -4.09. The molecule has 41 heavy (non-hydrogen) atoms. The molecule has 0 radical (unpaired) electrons. The molecular formula is C30H32F2N6O3. The Bertz CT molecular complexity index is 1540. The lowest BCUT2D eigenvalue weighted by Gasteiger charge is -2.32. The number of pyridine rings is 3. The Labute approximate surface area is 237 Å². The standard InChI is InChI=1S/C30H32F2N6O3/c1-3-41-26-5-4-20(17-33-26)28-19(2)29(27-23(32)14-21(31)15-24(27)35-28)36-25-16-22(37-6-10-39-11-7-37)18-34-30(25)38-8-12-40-13-9-38/h4-5,14-18H,3,6-13H2,1-2H3,(H,35,36). The first kappa shape index (κ1) is 27.1. The fourth-order valence-corrected chi connectivity index (χ4v) is 5.29. The van der Waals surface area contributed by atoms with Gasteiger partial charge in [0.15, 0.2) is 5.82 Å². The van der Waals surface area contributed by atoms with Crippen LogP contribution in [0.2, 0.25) is 0 Å². The molecule has 1 N–H and O–H groups in total. The van der Waals surface area contributed by atoms with Crippen molar-refractivity contribution in [2.75, 3.05) is 74.3 Å². The molecule has 2 aliphatic rings. The molecule has 2 aliphatic heterocycles. The van der Waals surface area contributed by atoms with Crippen LogP contribution >= 0.6 is 0 Å². The molecule has 1 aromatic carbocycles. The number of halogens is 2. The van der Waals surface area contributed by atoms with Crippen LogP contribution in [0.3, 0.4) is 0 Å². The molecule has 3 aromatic heterocycles. The predicted molar refractivity (Wildman–Crippen MR) is 154 cm³/mol. The van der Waals surface area contributed by atoms with E-state index < -0.39 is 11.6 Å². The van der Waals surface area contributed by atoms with Crippen molar-refractivity contribution in [2.45, 2.75) is 13.8 Å². The van der Waals surface area contributed by atoms with Gasteiger partial charge in [0.05, 0.1) is 72.9 Å². The third-order valence-corrected chi connectivity index (χ3v) is 7.35. The second-order valence-electron chi connectivity index (χ2n) is 9.95. The first-order valence-corrected chi connectivity index (χ1v) is 13.8. The topological polar surface area (TPSA) is 84.9 Å². The summed E-state index contributed by atoms with van der Waals surface area (Å²) in [5.41, 5.74) is 4.30. The Morgan fingerprint density at radius 3 is 2.34 bits per heavy atom. The van der Waals surface area contributed by atoms with E-state index in [9.17, 15) is 4.39 Å². The molecule has 4 aromatic rings. The molecule has 0 amide bonds. The zero-order valence-corrected chi connectivity index (χ0v) is 23.1. The quantitative estimate of drug-likeness (QED) is 0.331. The van der Waals surface area contributed by atoms with Gasteiger partial charge in [0.2, 0.25) is 5.88 Å². The maximum absolute atomic E-state index is 15.5. The molecule has 2 saturated heterocycles. The van der Waals surface area contributed by atoms with Crippen molar-refractivity contribution >= 4 is 33.8 Å². The lowest BCUT2D eigenvalue weighted by atomic mass is 10.0. The molecule has 9 nitrogen and oxygen atoms in total. The van der Waals surface area contributed by atoms with Gasteiger partial charge in [0, 0.05) is 56.1 Å². The van der Waals surface area contributed by atoms with Gasteiger partial charge in [0.25, 0.3) is 0 Å². The monoisotopic (exact) mass is 562 g/mol. The van der Waals surface area contributed by atoms with Crippen molar-refractivity contribution in [2.24, 2.45) is 0 Å². The maximum atomic E-state index is 15.5. The summed E-state index contributed by atoms with van der Waals surface area (Å²) < 4.78 is 46.5. The van der Waals surface area contributed by atoms with Crippen molar-refractivity contribution in [3.63, 3.8) is 0 Å². The summed E-state index contributed by atoms with van der Waals surface area (Å²) >= 11 is 0. The highest BCUT2D eigenvalue weighted by atomic mass is 19.1. The van der Waals surface area contributed by atoms with Crippen molar-refractivity contribution in [3.8, 4) is 17.1 Å². The molecule has 214 valence electrons. The SMILES string of the molecule is CCOc1ccc(-c2nc3cc(F)cc(F)c3c(Nc3cc(N4CCOCC4)cnc3N3CCOCC3)c2C)cn1. The zero-order valence-electron chi connectivity index (χ0n) is 23.1. The summed E-state index contributed by atoms with van der Waals surface area (Å²) in [5, 5.41) is 3.72. The number of hydrogen-bond donors (Lipinski definition) is 1. The fourth-order valence-electron chi connectivity index (χ4n) is 5.29. The van der Waals surface area contributed by atoms with E-state index in [2.05, 4.69) is 25.1 Å². The van der Waals surface area contributed by atoms with Gasteiger partial charge in [-0.1, -0.05) is 0 Å². The number of morpholine rings is 2. The predicted octanol–water partition coefficient (Wildman–Crippen LogP) is 5.09. The van der Waals surface area contributed by atoms with Gasteiger partial charge in [-0.05, 0) is 31.5 Å². The second-order valence-corrected chi connectivity index (χ2v) is 9.95. The van der Waals surface area contributed by atoms with Gasteiger partial charge in [-0.3, -0.25) is 0 Å². The van der Waals surface area contributed by atoms with Gasteiger partial charge in [-0.15, -0.1) is 0 Å². The van der Waals surface area contributed by atoms with Gasteiger partial charge >= 0.3 is 0 Å². The number of hydrogen-bond acceptors (Lipinski definition) is 9. The van der Waals surface area contributed by atoms with Crippen LogP contribution in [0.25, 0.3) is 22.2 Å². The van der Waals surface area contributed by atoms with Gasteiger partial charge < -0.3 is 29.3 Å². The van der Waals surface area contributed by atoms with E-state index >= 15 is 4.39 Å². The zero-order chi connectivity index (χ0) is 28.3. The summed E-state index contributed by atoms with van der Waals surface area (Å²) in [5.74, 6) is -0.162. The highest BCUT2D eigenvalue weighted by molar-refractivity contribution is 5.99. The van der Waals surface area contributed by atoms with Crippen LogP contribution in [0.15, 0.2) is 42.7 Å². The van der Waals surface area contributed by atoms with E-state index in [0.717, 1.165) is 30.7 Å². The van der Waals surface area contributed by atoms with Gasteiger partial charge in [-0.2, -0.15) is 0 Å². The normalized spacial score (nSPS) is 15.8. The number of aromatic nitrogens is 3. The fraction of sp³-hybridized carbons (Fsp3) is 0.367. The first-order chi connectivity index (χ1) is 20.0. The molecule has 2 fully saturated rings. The van der Waals surface area contributed by atoms with E-state index in [0.29, 0.717) is 80.2 Å².